The van der Waals surface area contributed by atoms with Crippen LogP contribution in [0, 0.1) is 0 Å². The van der Waals surface area contributed by atoms with E-state index in [2.05, 4.69) is 9.97 Å². The molecular weight excluding hydrogens is 457 g/mol. The van der Waals surface area contributed by atoms with Crippen molar-refractivity contribution in [2.75, 3.05) is 18.9 Å². The number of anilines is 1. The number of imidazole rings is 1. The molecule has 0 fully saturated rings. The lowest BCUT2D eigenvalue weighted by Gasteiger charge is -2.36. The fourth-order valence-corrected chi connectivity index (χ4v) is 4.41. The molecule has 0 aliphatic heterocycles. The first-order valence-corrected chi connectivity index (χ1v) is 12.2. The van der Waals surface area contributed by atoms with E-state index in [-0.39, 0.29) is 36.6 Å². The smallest absolute Gasteiger partial charge is 0.359 e. The molecule has 0 bridgehead atoms. The van der Waals surface area contributed by atoms with E-state index >= 15 is 0 Å². The van der Waals surface area contributed by atoms with Gasteiger partial charge in [0, 0.05) is 13.5 Å². The number of ether oxygens (including phenoxy) is 1. The van der Waals surface area contributed by atoms with E-state index in [0.29, 0.717) is 6.42 Å². The summed E-state index contributed by atoms with van der Waals surface area (Å²) in [5.41, 5.74) is 4.24. The van der Waals surface area contributed by atoms with Crippen molar-refractivity contribution in [1.29, 1.82) is 0 Å². The summed E-state index contributed by atoms with van der Waals surface area (Å²) in [4.78, 5) is 30.8. The molecule has 0 saturated carbocycles. The molecule has 13 nitrogen and oxygen atoms in total. The molecule has 0 radical (unpaired) electrons. The third-order valence-corrected chi connectivity index (χ3v) is 8.14. The average molecular weight is 491 g/mol. The monoisotopic (exact) mass is 491 g/mol. The van der Waals surface area contributed by atoms with Crippen LogP contribution in [0.1, 0.15) is 53.2 Å². The maximum absolute atomic E-state index is 12.6. The molecular formula is C19H34N5O8P. The summed E-state index contributed by atoms with van der Waals surface area (Å²) in [5, 5.41) is 28.2. The van der Waals surface area contributed by atoms with Gasteiger partial charge in [-0.05, 0) is 26.7 Å². The molecule has 14 heteroatoms. The van der Waals surface area contributed by atoms with Crippen molar-refractivity contribution >= 4 is 24.7 Å². The Bertz CT molecular complexity index is 1070. The number of fused-ring (bicyclic) bond motifs is 1. The highest BCUT2D eigenvalue weighted by atomic mass is 31.2. The number of nitrogens with zero attached hydrogens (tertiary/aromatic N) is 4. The number of aliphatic hydroxyl groups excluding tert-OH is 2. The van der Waals surface area contributed by atoms with E-state index < -0.39 is 43.0 Å². The van der Waals surface area contributed by atoms with Gasteiger partial charge in [0.25, 0.3) is 5.56 Å². The van der Waals surface area contributed by atoms with Crippen molar-refractivity contribution in [2.45, 2.75) is 70.2 Å². The van der Waals surface area contributed by atoms with Crippen LogP contribution in [-0.2, 0) is 20.9 Å². The third kappa shape index (κ3) is 5.62. The predicted octanol–water partition coefficient (Wildman–Crippen LogP) is 0.460. The summed E-state index contributed by atoms with van der Waals surface area (Å²) in [6, 6.07) is 0. The molecule has 0 aromatic carbocycles. The second-order valence-electron chi connectivity index (χ2n) is 8.41. The van der Waals surface area contributed by atoms with Gasteiger partial charge in [0.05, 0.1) is 25.1 Å². The van der Waals surface area contributed by atoms with Crippen molar-refractivity contribution in [1.82, 2.24) is 19.1 Å². The molecule has 33 heavy (non-hydrogen) atoms. The Morgan fingerprint density at radius 3 is 2.48 bits per heavy atom. The number of nitrogen functional groups attached to an aromatic ring is 1. The molecule has 4 unspecified atom stereocenters. The molecule has 0 saturated heterocycles. The van der Waals surface area contributed by atoms with Crippen LogP contribution >= 0.6 is 7.60 Å². The van der Waals surface area contributed by atoms with Gasteiger partial charge in [-0.1, -0.05) is 13.8 Å². The summed E-state index contributed by atoms with van der Waals surface area (Å²) in [6.07, 6.45) is -0.862. The van der Waals surface area contributed by atoms with Crippen molar-refractivity contribution in [3.05, 3.63) is 16.7 Å². The van der Waals surface area contributed by atoms with Crippen molar-refractivity contribution < 1.29 is 34.0 Å². The molecule has 2 aromatic rings. The number of rotatable bonds is 12. The highest BCUT2D eigenvalue weighted by Crippen LogP contribution is 2.58. The van der Waals surface area contributed by atoms with Crippen LogP contribution in [0.2, 0.25) is 0 Å². The summed E-state index contributed by atoms with van der Waals surface area (Å²) >= 11 is 0. The number of aromatic nitrogens is 4. The molecule has 0 spiro atoms. The quantitative estimate of drug-likeness (QED) is 0.259. The molecule has 2 heterocycles. The average Bonchev–Trinajstić information content (AvgIpc) is 3.17. The Balaban J connectivity index is 2.27. The second kappa shape index (κ2) is 10.2. The van der Waals surface area contributed by atoms with Gasteiger partial charge in [0.2, 0.25) is 5.95 Å². The maximum atomic E-state index is 12.6. The first-order chi connectivity index (χ1) is 15.2. The molecule has 6 N–H and O–H groups in total. The maximum Gasteiger partial charge on any atom is 0.359 e. The number of nitrogens with two attached hydrogens (primary N) is 1. The van der Waals surface area contributed by atoms with Gasteiger partial charge in [-0.3, -0.25) is 18.5 Å². The molecule has 0 aliphatic rings. The Labute approximate surface area is 191 Å². The standard InChI is InChI=1S/C19H34N5O8P/c1-6-18(3,32-33(29,30)19(4,28)7-2)8-9-31-16(12(26)10-25)24-11-21-13-14(24)22-17(20)23(5)15(13)27/h11-12,16,25-26,28H,6-10H2,1-5H3,(H2,20,22)(H,29,30)/t12-,16?,18?,19?/m1/s1. The van der Waals surface area contributed by atoms with E-state index in [1.54, 1.807) is 20.8 Å². The topological polar surface area (TPSA) is 195 Å². The highest BCUT2D eigenvalue weighted by molar-refractivity contribution is 7.54. The first kappa shape index (κ1) is 27.4. The van der Waals surface area contributed by atoms with Crippen molar-refractivity contribution in [3.63, 3.8) is 0 Å². The van der Waals surface area contributed by atoms with E-state index in [4.69, 9.17) is 15.0 Å². The van der Waals surface area contributed by atoms with Gasteiger partial charge < -0.3 is 35.2 Å². The number of hydrogen-bond donors (Lipinski definition) is 5. The van der Waals surface area contributed by atoms with Gasteiger partial charge in [-0.25, -0.2) is 4.98 Å². The number of aliphatic hydroxyl groups is 3. The lowest BCUT2D eigenvalue weighted by atomic mass is 10.0. The number of hydrogen-bond acceptors (Lipinski definition) is 10. The molecule has 2 rings (SSSR count). The summed E-state index contributed by atoms with van der Waals surface area (Å²) < 4.78 is 26.3. The van der Waals surface area contributed by atoms with E-state index in [0.717, 1.165) is 4.57 Å². The van der Waals surface area contributed by atoms with Crippen LogP contribution in [0.25, 0.3) is 11.2 Å². The minimum Gasteiger partial charge on any atom is -0.394 e. The Morgan fingerprint density at radius 2 is 1.94 bits per heavy atom. The van der Waals surface area contributed by atoms with Crippen molar-refractivity contribution in [3.8, 4) is 0 Å². The first-order valence-electron chi connectivity index (χ1n) is 10.6. The van der Waals surface area contributed by atoms with E-state index in [9.17, 15) is 29.6 Å². The van der Waals surface area contributed by atoms with Gasteiger partial charge in [-0.15, -0.1) is 0 Å². The van der Waals surface area contributed by atoms with E-state index in [1.807, 2.05) is 0 Å². The summed E-state index contributed by atoms with van der Waals surface area (Å²) in [6.45, 7) is 5.45. The van der Waals surface area contributed by atoms with Crippen LogP contribution in [-0.4, -0.2) is 69.6 Å². The Hall–Kier alpha value is -1.86. The highest BCUT2D eigenvalue weighted by Gasteiger charge is 2.46. The zero-order valence-corrected chi connectivity index (χ0v) is 20.4. The molecule has 2 aromatic heterocycles. The largest absolute Gasteiger partial charge is 0.394 e. The Morgan fingerprint density at radius 1 is 1.30 bits per heavy atom. The second-order valence-corrected chi connectivity index (χ2v) is 10.6. The zero-order valence-electron chi connectivity index (χ0n) is 19.5. The van der Waals surface area contributed by atoms with E-state index in [1.165, 1.54) is 24.9 Å². The van der Waals surface area contributed by atoms with Gasteiger partial charge in [0.15, 0.2) is 22.7 Å². The summed E-state index contributed by atoms with van der Waals surface area (Å²) in [5.74, 6) is -0.0693. The molecule has 0 amide bonds. The van der Waals surface area contributed by atoms with Crippen LogP contribution < -0.4 is 11.3 Å². The predicted molar refractivity (Wildman–Crippen MR) is 120 cm³/mol. The van der Waals surface area contributed by atoms with Crippen LogP contribution in [0.4, 0.5) is 5.95 Å². The minimum absolute atomic E-state index is 0.00943. The lowest BCUT2D eigenvalue weighted by Crippen LogP contribution is -2.35. The SMILES string of the molecule is CCC(C)(CCOC([C@H](O)CO)n1cnc2c(=O)n(C)c(N)nc21)OP(=O)(O)C(C)(O)CC. The molecule has 188 valence electrons. The summed E-state index contributed by atoms with van der Waals surface area (Å²) in [7, 11) is -2.94. The zero-order chi connectivity index (χ0) is 25.2. The molecule has 5 atom stereocenters. The third-order valence-electron chi connectivity index (χ3n) is 5.92. The van der Waals surface area contributed by atoms with Crippen LogP contribution in [0.15, 0.2) is 11.1 Å². The fourth-order valence-electron chi connectivity index (χ4n) is 3.00. The van der Waals surface area contributed by atoms with Gasteiger partial charge in [-0.2, -0.15) is 4.98 Å². The minimum atomic E-state index is -4.38. The molecule has 0 aliphatic carbocycles. The van der Waals surface area contributed by atoms with Gasteiger partial charge >= 0.3 is 7.60 Å². The van der Waals surface area contributed by atoms with Crippen LogP contribution in [0.3, 0.4) is 0 Å². The normalized spacial score (nSPS) is 19.5. The Kier molecular flexibility index (Phi) is 8.45. The van der Waals surface area contributed by atoms with Crippen LogP contribution in [0.5, 0.6) is 0 Å². The van der Waals surface area contributed by atoms with Crippen molar-refractivity contribution in [2.24, 2.45) is 7.05 Å². The lowest BCUT2D eigenvalue weighted by molar-refractivity contribution is -0.107. The fraction of sp³-hybridized carbons (Fsp3) is 0.737. The van der Waals surface area contributed by atoms with Gasteiger partial charge in [0.1, 0.15) is 6.10 Å².